The summed E-state index contributed by atoms with van der Waals surface area (Å²) in [6, 6.07) is 1.60. The maximum Gasteiger partial charge on any atom is 0.202 e. The van der Waals surface area contributed by atoms with Gasteiger partial charge in [-0.2, -0.15) is 0 Å². The maximum absolute atomic E-state index is 4.44. The van der Waals surface area contributed by atoms with Crippen molar-refractivity contribution in [3.05, 3.63) is 16.9 Å². The Hall–Kier alpha value is -0.310. The van der Waals surface area contributed by atoms with Crippen molar-refractivity contribution in [3.8, 4) is 0 Å². The van der Waals surface area contributed by atoms with Crippen molar-refractivity contribution in [2.75, 3.05) is 0 Å². The molecule has 0 atom stereocenters. The monoisotopic (exact) mass is 146 g/mol. The molecule has 0 aliphatic rings. The van der Waals surface area contributed by atoms with Gasteiger partial charge in [0.05, 0.1) is 0 Å². The van der Waals surface area contributed by atoms with Crippen molar-refractivity contribution in [2.45, 2.75) is 0 Å². The molecule has 0 unspecified atom stereocenters. The second kappa shape index (κ2) is 1.43. The number of halogens is 1. The molecule has 0 saturated carbocycles. The lowest BCUT2D eigenvalue weighted by molar-refractivity contribution is 0.399. The highest BCUT2D eigenvalue weighted by molar-refractivity contribution is 9.10. The Labute approximate surface area is 43.3 Å². The molecule has 3 heteroatoms. The van der Waals surface area contributed by atoms with Crippen LogP contribution < -0.4 is 0 Å². The molecule has 1 radical (unpaired) electrons. The van der Waals surface area contributed by atoms with E-state index in [0.29, 0.717) is 4.67 Å². The van der Waals surface area contributed by atoms with Gasteiger partial charge in [0.1, 0.15) is 6.20 Å². The summed E-state index contributed by atoms with van der Waals surface area (Å²) in [5.41, 5.74) is 0. The minimum Gasteiger partial charge on any atom is -0.349 e. The zero-order chi connectivity index (χ0) is 4.41. The first-order valence-electron chi connectivity index (χ1n) is 1.38. The minimum atomic E-state index is 0.613. The Kier molecular flexibility index (Phi) is 0.919. The van der Waals surface area contributed by atoms with Crippen LogP contribution in [0.5, 0.6) is 0 Å². The van der Waals surface area contributed by atoms with E-state index in [1.165, 1.54) is 0 Å². The Morgan fingerprint density at radius 2 is 2.83 bits per heavy atom. The SMILES string of the molecule is Brc1c[c]no1. The average molecular weight is 147 g/mol. The van der Waals surface area contributed by atoms with E-state index in [1.54, 1.807) is 6.07 Å². The van der Waals surface area contributed by atoms with Crippen LogP contribution in [0.3, 0.4) is 0 Å². The molecule has 1 aromatic rings. The second-order valence-corrected chi connectivity index (χ2v) is 1.54. The summed E-state index contributed by atoms with van der Waals surface area (Å²) in [5.74, 6) is 0. The summed E-state index contributed by atoms with van der Waals surface area (Å²) in [4.78, 5) is 0. The predicted molar refractivity (Wildman–Crippen MR) is 23.0 cm³/mol. The lowest BCUT2D eigenvalue weighted by Gasteiger charge is -1.62. The van der Waals surface area contributed by atoms with Crippen molar-refractivity contribution < 1.29 is 4.52 Å². The third kappa shape index (κ3) is 0.597. The fraction of sp³-hybridized carbons (Fsp3) is 0. The summed E-state index contributed by atoms with van der Waals surface area (Å²) < 4.78 is 5.06. The van der Waals surface area contributed by atoms with Crippen LogP contribution in [0.2, 0.25) is 0 Å². The highest BCUT2D eigenvalue weighted by atomic mass is 79.9. The van der Waals surface area contributed by atoms with Gasteiger partial charge < -0.3 is 4.52 Å². The van der Waals surface area contributed by atoms with Crippen LogP contribution in [-0.4, -0.2) is 5.16 Å². The highest BCUT2D eigenvalue weighted by Gasteiger charge is 1.82. The van der Waals surface area contributed by atoms with Gasteiger partial charge in [-0.25, -0.2) is 0 Å². The molecule has 6 heavy (non-hydrogen) atoms. The molecule has 0 amide bonds. The first-order chi connectivity index (χ1) is 2.89. The molecular weight excluding hydrogens is 146 g/mol. The zero-order valence-electron chi connectivity index (χ0n) is 2.81. The van der Waals surface area contributed by atoms with Crippen molar-refractivity contribution in [1.29, 1.82) is 0 Å². The molecule has 0 saturated heterocycles. The lowest BCUT2D eigenvalue weighted by Crippen LogP contribution is -1.42. The van der Waals surface area contributed by atoms with E-state index in [4.69, 9.17) is 0 Å². The van der Waals surface area contributed by atoms with Crippen molar-refractivity contribution in [3.63, 3.8) is 0 Å². The molecule has 0 fully saturated rings. The van der Waals surface area contributed by atoms with E-state index < -0.39 is 0 Å². The molecule has 0 aliphatic carbocycles. The topological polar surface area (TPSA) is 26.0 Å². The van der Waals surface area contributed by atoms with Gasteiger partial charge in [0.25, 0.3) is 0 Å². The quantitative estimate of drug-likeness (QED) is 0.551. The molecule has 1 rings (SSSR count). The first-order valence-corrected chi connectivity index (χ1v) is 2.17. The summed E-state index contributed by atoms with van der Waals surface area (Å²) >= 11 is 3.02. The van der Waals surface area contributed by atoms with Gasteiger partial charge in [0.15, 0.2) is 0 Å². The van der Waals surface area contributed by atoms with E-state index in [0.717, 1.165) is 0 Å². The van der Waals surface area contributed by atoms with E-state index in [2.05, 4.69) is 31.8 Å². The molecule has 0 aromatic carbocycles. The van der Waals surface area contributed by atoms with Gasteiger partial charge in [-0.05, 0) is 15.9 Å². The third-order valence-electron chi connectivity index (χ3n) is 0.364. The molecule has 0 aliphatic heterocycles. The van der Waals surface area contributed by atoms with Crippen LogP contribution in [0.4, 0.5) is 0 Å². The van der Waals surface area contributed by atoms with Crippen LogP contribution in [0, 0.1) is 6.20 Å². The number of hydrogen-bond acceptors (Lipinski definition) is 2. The Morgan fingerprint density at radius 1 is 2.00 bits per heavy atom. The molecule has 1 aromatic heterocycles. The van der Waals surface area contributed by atoms with Crippen LogP contribution in [0.25, 0.3) is 0 Å². The lowest BCUT2D eigenvalue weighted by atomic mass is 10.8. The molecule has 2 nitrogen and oxygen atoms in total. The van der Waals surface area contributed by atoms with E-state index in [1.807, 2.05) is 0 Å². The van der Waals surface area contributed by atoms with Crippen molar-refractivity contribution in [1.82, 2.24) is 5.16 Å². The summed E-state index contributed by atoms with van der Waals surface area (Å²) in [5, 5.41) is 3.27. The summed E-state index contributed by atoms with van der Waals surface area (Å²) in [6.45, 7) is 0. The molecule has 0 N–H and O–H groups in total. The zero-order valence-corrected chi connectivity index (χ0v) is 4.40. The minimum absolute atomic E-state index is 0.613. The van der Waals surface area contributed by atoms with Gasteiger partial charge in [0, 0.05) is 6.07 Å². The second-order valence-electron chi connectivity index (χ2n) is 0.760. The van der Waals surface area contributed by atoms with E-state index in [9.17, 15) is 0 Å². The highest BCUT2D eigenvalue weighted by Crippen LogP contribution is 2.03. The third-order valence-corrected chi connectivity index (χ3v) is 0.737. The van der Waals surface area contributed by atoms with Gasteiger partial charge in [-0.3, -0.25) is 0 Å². The number of aromatic nitrogens is 1. The van der Waals surface area contributed by atoms with Crippen LogP contribution in [0.1, 0.15) is 0 Å². The van der Waals surface area contributed by atoms with Crippen molar-refractivity contribution >= 4 is 15.9 Å². The molecule has 0 spiro atoms. The number of nitrogens with zero attached hydrogens (tertiary/aromatic N) is 1. The van der Waals surface area contributed by atoms with E-state index >= 15 is 0 Å². The number of hydrogen-bond donors (Lipinski definition) is 0. The molecule has 1 heterocycles. The van der Waals surface area contributed by atoms with Crippen molar-refractivity contribution in [2.24, 2.45) is 0 Å². The molecule has 31 valence electrons. The first kappa shape index (κ1) is 3.87. The van der Waals surface area contributed by atoms with Crippen LogP contribution in [0.15, 0.2) is 15.3 Å². The largest absolute Gasteiger partial charge is 0.349 e. The van der Waals surface area contributed by atoms with Gasteiger partial charge in [-0.1, -0.05) is 5.16 Å². The Morgan fingerprint density at radius 3 is 3.00 bits per heavy atom. The summed E-state index contributed by atoms with van der Waals surface area (Å²) in [6.07, 6.45) is 2.47. The van der Waals surface area contributed by atoms with Gasteiger partial charge in [0.2, 0.25) is 4.67 Å². The van der Waals surface area contributed by atoms with Gasteiger partial charge >= 0.3 is 0 Å². The molecule has 0 bridgehead atoms. The standard InChI is InChI=1S/C3HBrNO/c4-3-1-2-5-6-3/h1H. The van der Waals surface area contributed by atoms with E-state index in [-0.39, 0.29) is 0 Å². The normalized spacial score (nSPS) is 8.83. The Balaban J connectivity index is 3.05. The maximum atomic E-state index is 4.44. The number of rotatable bonds is 0. The molecular formula is C3HBrNO. The Bertz CT molecular complexity index is 114. The fourth-order valence-corrected chi connectivity index (χ4v) is 0.348. The average Bonchev–Trinajstić information content (AvgIpc) is 1.86. The van der Waals surface area contributed by atoms with Crippen LogP contribution in [-0.2, 0) is 0 Å². The fourth-order valence-electron chi connectivity index (χ4n) is 0.173. The van der Waals surface area contributed by atoms with Gasteiger partial charge in [-0.15, -0.1) is 0 Å². The summed E-state index contributed by atoms with van der Waals surface area (Å²) in [7, 11) is 0. The predicted octanol–water partition coefficient (Wildman–Crippen LogP) is 1.24. The smallest absolute Gasteiger partial charge is 0.202 e. The van der Waals surface area contributed by atoms with Crippen LogP contribution >= 0.6 is 15.9 Å².